The molecule has 83 heavy (non-hydrogen) atoms. The molecule has 3 nitrogen and oxygen atoms in total. The fraction of sp³-hybridized carbons (Fsp3) is 0.392. The van der Waals surface area contributed by atoms with E-state index in [0.717, 1.165) is 49.2 Å². The summed E-state index contributed by atoms with van der Waals surface area (Å²) in [5.41, 5.74) is 30.9. The van der Waals surface area contributed by atoms with Crippen molar-refractivity contribution in [2.45, 2.75) is 200 Å². The maximum atomic E-state index is 2.81. The summed E-state index contributed by atoms with van der Waals surface area (Å²) < 4.78 is 0. The van der Waals surface area contributed by atoms with E-state index in [1.807, 2.05) is 0 Å². The monoisotopic (exact) mass is 1090 g/mol. The minimum Gasteiger partial charge on any atom is -0.311 e. The molecule has 0 bridgehead atoms. The molecule has 2 heterocycles. The van der Waals surface area contributed by atoms with Crippen LogP contribution >= 0.6 is 0 Å². The van der Waals surface area contributed by atoms with Crippen LogP contribution in [0.4, 0.5) is 51.2 Å². The normalized spacial score (nSPS) is 19.9. The third-order valence-electron chi connectivity index (χ3n) is 22.1. The molecule has 0 N–H and O–H groups in total. The van der Waals surface area contributed by atoms with Gasteiger partial charge in [0, 0.05) is 45.2 Å². The highest BCUT2D eigenvalue weighted by Crippen LogP contribution is 2.60. The Morgan fingerprint density at radius 1 is 0.373 bits per heavy atom. The van der Waals surface area contributed by atoms with Crippen LogP contribution in [0.1, 0.15) is 206 Å². The molecule has 422 valence electrons. The first-order chi connectivity index (χ1) is 39.0. The van der Waals surface area contributed by atoms with Crippen molar-refractivity contribution in [3.05, 3.63) is 202 Å². The van der Waals surface area contributed by atoms with Gasteiger partial charge in [0.2, 0.25) is 0 Å². The van der Waals surface area contributed by atoms with Crippen molar-refractivity contribution in [1.29, 1.82) is 0 Å². The summed E-state index contributed by atoms with van der Waals surface area (Å²) in [6.07, 6.45) is 6.94. The Bertz CT molecular complexity index is 3970. The number of fused-ring (bicyclic) bond motifs is 10. The Labute approximate surface area is 498 Å². The molecular weight excluding hydrogens is 1000 g/mol. The SMILES string of the molecule is CC(C)(C)c1ccc(N2c3cc4c(cc3B3c5cc6c(cc5N(c5ccc7c(c5)C(C)(C)CCC7(C)C)c5cc(N(c7ccccc7)c7ccccc7)cc2c53)C(C)(C)CCC6(C)C)C(C)(C)CCC4(C)C)c2c1-c1ccccc1C2(C)C. The van der Waals surface area contributed by atoms with E-state index in [4.69, 9.17) is 0 Å². The van der Waals surface area contributed by atoms with Crippen LogP contribution in [0, 0.1) is 0 Å². The summed E-state index contributed by atoms with van der Waals surface area (Å²) in [6, 6.07) is 60.4. The smallest absolute Gasteiger partial charge is 0.252 e. The molecule has 0 saturated carbocycles. The average molecular weight is 1090 g/mol. The molecule has 0 unspecified atom stereocenters. The van der Waals surface area contributed by atoms with Crippen LogP contribution < -0.4 is 31.1 Å². The number of nitrogens with zero attached hydrogens (tertiary/aromatic N) is 3. The number of anilines is 9. The van der Waals surface area contributed by atoms with Crippen molar-refractivity contribution in [1.82, 2.24) is 0 Å². The third-order valence-corrected chi connectivity index (χ3v) is 22.1. The number of hydrogen-bond acceptors (Lipinski definition) is 3. The molecule has 0 spiro atoms. The van der Waals surface area contributed by atoms with Crippen molar-refractivity contribution in [3.8, 4) is 11.1 Å². The quantitative estimate of drug-likeness (QED) is 0.159. The lowest BCUT2D eigenvalue weighted by atomic mass is 9.32. The van der Waals surface area contributed by atoms with E-state index in [9.17, 15) is 0 Å². The molecule has 4 aliphatic carbocycles. The van der Waals surface area contributed by atoms with Gasteiger partial charge in [-0.15, -0.1) is 0 Å². The average Bonchev–Trinajstić information content (AvgIpc) is 1.85. The van der Waals surface area contributed by atoms with Gasteiger partial charge in [-0.1, -0.05) is 203 Å². The summed E-state index contributed by atoms with van der Waals surface area (Å²) in [6.45, 7) is 42.3. The Kier molecular flexibility index (Phi) is 11.5. The second-order valence-electron chi connectivity index (χ2n) is 31.8. The van der Waals surface area contributed by atoms with Gasteiger partial charge < -0.3 is 14.7 Å². The first-order valence-electron chi connectivity index (χ1n) is 31.5. The Morgan fingerprint density at radius 2 is 0.807 bits per heavy atom. The van der Waals surface area contributed by atoms with Crippen LogP contribution in [0.2, 0.25) is 0 Å². The van der Waals surface area contributed by atoms with E-state index in [0.29, 0.717) is 0 Å². The van der Waals surface area contributed by atoms with Gasteiger partial charge in [-0.3, -0.25) is 0 Å². The molecule has 0 radical (unpaired) electrons. The predicted octanol–water partition coefficient (Wildman–Crippen LogP) is 19.9. The molecule has 14 rings (SSSR count). The molecule has 0 saturated heterocycles. The van der Waals surface area contributed by atoms with Crippen molar-refractivity contribution in [2.24, 2.45) is 0 Å². The zero-order valence-electron chi connectivity index (χ0n) is 53.1. The van der Waals surface area contributed by atoms with Crippen LogP contribution in [-0.4, -0.2) is 6.71 Å². The molecule has 0 amide bonds. The van der Waals surface area contributed by atoms with Crippen LogP contribution in [0.5, 0.6) is 0 Å². The highest BCUT2D eigenvalue weighted by molar-refractivity contribution is 7.00. The maximum absolute atomic E-state index is 2.81. The van der Waals surface area contributed by atoms with Gasteiger partial charge in [-0.25, -0.2) is 0 Å². The Balaban J connectivity index is 1.19. The van der Waals surface area contributed by atoms with E-state index >= 15 is 0 Å². The molecule has 8 aromatic carbocycles. The van der Waals surface area contributed by atoms with Crippen molar-refractivity contribution >= 4 is 74.3 Å². The molecule has 6 aliphatic rings. The fourth-order valence-electron chi connectivity index (χ4n) is 16.8. The molecular formula is C79H88BN3. The fourth-order valence-corrected chi connectivity index (χ4v) is 16.8. The first kappa shape index (κ1) is 54.2. The molecule has 4 heteroatoms. The van der Waals surface area contributed by atoms with Gasteiger partial charge in [0.05, 0.1) is 11.4 Å². The van der Waals surface area contributed by atoms with E-state index in [-0.39, 0.29) is 50.0 Å². The van der Waals surface area contributed by atoms with Gasteiger partial charge in [0.15, 0.2) is 0 Å². The van der Waals surface area contributed by atoms with Gasteiger partial charge in [-0.05, 0) is 221 Å². The van der Waals surface area contributed by atoms with Crippen molar-refractivity contribution < 1.29 is 0 Å². The molecule has 2 aliphatic heterocycles. The van der Waals surface area contributed by atoms with Gasteiger partial charge in [0.25, 0.3) is 6.71 Å². The molecule has 0 fully saturated rings. The third kappa shape index (κ3) is 7.95. The molecule has 8 aromatic rings. The van der Waals surface area contributed by atoms with Crippen LogP contribution in [0.15, 0.2) is 152 Å². The Morgan fingerprint density at radius 3 is 1.31 bits per heavy atom. The number of benzene rings is 8. The van der Waals surface area contributed by atoms with E-state index in [2.05, 4.69) is 284 Å². The lowest BCUT2D eigenvalue weighted by Gasteiger charge is -2.50. The minimum absolute atomic E-state index is 0.00193. The topological polar surface area (TPSA) is 9.72 Å². The van der Waals surface area contributed by atoms with Crippen LogP contribution in [0.3, 0.4) is 0 Å². The van der Waals surface area contributed by atoms with Gasteiger partial charge in [0.1, 0.15) is 0 Å². The summed E-state index contributed by atoms with van der Waals surface area (Å²) in [7, 11) is 0. The standard InChI is InChI=1S/C79H88BN3/c1-72(2,3)56-34-35-64(70-69(56)53-30-24-25-31-54(53)79(70,16)17)83-66-48-61-59(76(10,11)39-41-78(61,14)15)46-63(66)80-62-45-58-60(77(12,13)40-38-75(58,8)9)47-65(62)82(51-32-33-55-57(42-51)74(6,7)37-36-73(55,4)5)67-43-52(44-68(83)71(67)80)81(49-26-20-18-21-27-49)50-28-22-19-23-29-50/h18-35,42-48H,36-41H2,1-17H3. The largest absolute Gasteiger partial charge is 0.311 e. The zero-order chi connectivity index (χ0) is 58.5. The maximum Gasteiger partial charge on any atom is 0.252 e. The first-order valence-corrected chi connectivity index (χ1v) is 31.5. The lowest BCUT2D eigenvalue weighted by molar-refractivity contribution is 0.332. The molecule has 0 aromatic heterocycles. The highest BCUT2D eigenvalue weighted by atomic mass is 15.2. The zero-order valence-corrected chi connectivity index (χ0v) is 53.1. The summed E-state index contributed by atoms with van der Waals surface area (Å²) in [5, 5.41) is 0. The van der Waals surface area contributed by atoms with Gasteiger partial charge >= 0.3 is 0 Å². The van der Waals surface area contributed by atoms with Crippen LogP contribution in [-0.2, 0) is 43.3 Å². The number of rotatable bonds is 5. The minimum atomic E-state index is -0.299. The number of hydrogen-bond donors (Lipinski definition) is 0. The van der Waals surface area contributed by atoms with E-state index < -0.39 is 0 Å². The molecule has 0 atom stereocenters. The predicted molar refractivity (Wildman–Crippen MR) is 357 cm³/mol. The lowest BCUT2D eigenvalue weighted by Crippen LogP contribution is -2.62. The summed E-state index contributed by atoms with van der Waals surface area (Å²) in [4.78, 5) is 8.10. The van der Waals surface area contributed by atoms with E-state index in [1.165, 1.54) is 118 Å². The van der Waals surface area contributed by atoms with Crippen molar-refractivity contribution in [3.63, 3.8) is 0 Å². The van der Waals surface area contributed by atoms with Crippen molar-refractivity contribution in [2.75, 3.05) is 14.7 Å². The Hall–Kier alpha value is -6.78. The summed E-state index contributed by atoms with van der Waals surface area (Å²) in [5.74, 6) is 0. The number of para-hydroxylation sites is 2. The second-order valence-corrected chi connectivity index (χ2v) is 31.8. The van der Waals surface area contributed by atoms with Crippen LogP contribution in [0.25, 0.3) is 11.1 Å². The highest BCUT2D eigenvalue weighted by Gasteiger charge is 2.51. The summed E-state index contributed by atoms with van der Waals surface area (Å²) >= 11 is 0. The second kappa shape index (κ2) is 17.7. The van der Waals surface area contributed by atoms with Gasteiger partial charge in [-0.2, -0.15) is 0 Å². The van der Waals surface area contributed by atoms with E-state index in [1.54, 1.807) is 0 Å².